The van der Waals surface area contributed by atoms with Crippen molar-refractivity contribution in [2.24, 2.45) is 0 Å². The minimum absolute atomic E-state index is 0.118. The van der Waals surface area contributed by atoms with Gasteiger partial charge in [-0.25, -0.2) is 4.79 Å². The number of hydrogen-bond acceptors (Lipinski definition) is 6. The number of pyridine rings is 1. The Morgan fingerprint density at radius 2 is 2.25 bits per heavy atom. The van der Waals surface area contributed by atoms with Gasteiger partial charge in [0.05, 0.1) is 23.9 Å². The van der Waals surface area contributed by atoms with E-state index in [0.29, 0.717) is 10.9 Å². The van der Waals surface area contributed by atoms with Crippen molar-refractivity contribution in [2.75, 3.05) is 12.4 Å². The predicted octanol–water partition coefficient (Wildman–Crippen LogP) is 1.48. The number of nitrogens with zero attached hydrogens (tertiary/aromatic N) is 1. The van der Waals surface area contributed by atoms with Crippen LogP contribution in [0.25, 0.3) is 10.9 Å². The van der Waals surface area contributed by atoms with Crippen LogP contribution >= 0.6 is 0 Å². The van der Waals surface area contributed by atoms with Gasteiger partial charge in [0.1, 0.15) is 5.75 Å². The molecule has 3 rings (SSSR count). The van der Waals surface area contributed by atoms with Crippen molar-refractivity contribution in [3.8, 4) is 5.75 Å². The Labute approximate surface area is 114 Å². The quantitative estimate of drug-likeness (QED) is 0.464. The summed E-state index contributed by atoms with van der Waals surface area (Å²) in [5, 5.41) is 13.4. The summed E-state index contributed by atoms with van der Waals surface area (Å²) in [6.07, 6.45) is 1.57. The van der Waals surface area contributed by atoms with E-state index >= 15 is 0 Å². The van der Waals surface area contributed by atoms with Gasteiger partial charge in [0.2, 0.25) is 5.78 Å². The summed E-state index contributed by atoms with van der Waals surface area (Å²) in [7, 11) is 1.21. The first-order valence-corrected chi connectivity index (χ1v) is 6.01. The first-order valence-electron chi connectivity index (χ1n) is 6.01. The van der Waals surface area contributed by atoms with Gasteiger partial charge in [0.25, 0.3) is 0 Å². The summed E-state index contributed by atoms with van der Waals surface area (Å²) >= 11 is 0. The van der Waals surface area contributed by atoms with Crippen LogP contribution in [0.15, 0.2) is 24.4 Å². The summed E-state index contributed by atoms with van der Waals surface area (Å²) < 4.78 is 4.67. The number of phenolic OH excluding ortho intramolecular Hbond substituents is 1. The van der Waals surface area contributed by atoms with Crippen LogP contribution in [0.4, 0.5) is 5.69 Å². The lowest BCUT2D eigenvalue weighted by atomic mass is 9.94. The number of benzene rings is 1. The molecule has 6 heteroatoms. The lowest BCUT2D eigenvalue weighted by Crippen LogP contribution is -2.47. The molecule has 0 amide bonds. The van der Waals surface area contributed by atoms with E-state index in [1.165, 1.54) is 20.1 Å². The van der Waals surface area contributed by atoms with E-state index in [1.807, 2.05) is 0 Å². The fourth-order valence-electron chi connectivity index (χ4n) is 2.48. The van der Waals surface area contributed by atoms with E-state index in [-0.39, 0.29) is 17.0 Å². The Bertz CT molecular complexity index is 756. The highest BCUT2D eigenvalue weighted by atomic mass is 16.5. The zero-order chi connectivity index (χ0) is 14.5. The van der Waals surface area contributed by atoms with Gasteiger partial charge in [-0.05, 0) is 13.0 Å². The Kier molecular flexibility index (Phi) is 2.44. The monoisotopic (exact) mass is 272 g/mol. The number of nitrogens with one attached hydrogen (secondary N) is 1. The predicted molar refractivity (Wildman–Crippen MR) is 71.8 cm³/mol. The first kappa shape index (κ1) is 12.4. The Morgan fingerprint density at radius 1 is 1.50 bits per heavy atom. The van der Waals surface area contributed by atoms with Crippen molar-refractivity contribution < 1.29 is 19.4 Å². The molecule has 0 radical (unpaired) electrons. The third-order valence-corrected chi connectivity index (χ3v) is 3.54. The number of fused-ring (bicyclic) bond motifs is 3. The Morgan fingerprint density at radius 3 is 2.95 bits per heavy atom. The minimum Gasteiger partial charge on any atom is -0.506 e. The van der Waals surface area contributed by atoms with Gasteiger partial charge in [-0.3, -0.25) is 9.78 Å². The lowest BCUT2D eigenvalue weighted by Gasteiger charge is -2.19. The third-order valence-electron chi connectivity index (χ3n) is 3.54. The zero-order valence-corrected chi connectivity index (χ0v) is 10.9. The molecular weight excluding hydrogens is 260 g/mol. The second kappa shape index (κ2) is 3.93. The highest BCUT2D eigenvalue weighted by molar-refractivity contribution is 6.29. The van der Waals surface area contributed by atoms with E-state index in [4.69, 9.17) is 0 Å². The molecule has 6 nitrogen and oxygen atoms in total. The number of Topliss-reactive ketones (excluding diaryl/α,β-unsaturated/α-hetero) is 1. The van der Waals surface area contributed by atoms with E-state index < -0.39 is 17.3 Å². The van der Waals surface area contributed by atoms with Gasteiger partial charge < -0.3 is 15.2 Å². The van der Waals surface area contributed by atoms with Crippen molar-refractivity contribution in [1.29, 1.82) is 0 Å². The van der Waals surface area contributed by atoms with Crippen LogP contribution in [-0.2, 0) is 9.53 Å². The number of carbonyl (C=O) groups excluding carboxylic acids is 2. The number of ether oxygens (including phenoxy) is 1. The molecule has 102 valence electrons. The Balaban J connectivity index is 2.31. The summed E-state index contributed by atoms with van der Waals surface area (Å²) in [5.74, 6) is -1.25. The number of ketones is 1. The van der Waals surface area contributed by atoms with Crippen LogP contribution in [-0.4, -0.2) is 34.5 Å². The van der Waals surface area contributed by atoms with Crippen molar-refractivity contribution >= 4 is 28.3 Å². The maximum Gasteiger partial charge on any atom is 0.339 e. The summed E-state index contributed by atoms with van der Waals surface area (Å²) in [6.45, 7) is 1.43. The van der Waals surface area contributed by atoms with Gasteiger partial charge in [0, 0.05) is 17.6 Å². The average molecular weight is 272 g/mol. The molecule has 0 bridgehead atoms. The average Bonchev–Trinajstić information content (AvgIpc) is 2.73. The van der Waals surface area contributed by atoms with Crippen molar-refractivity contribution in [1.82, 2.24) is 4.98 Å². The maximum absolute atomic E-state index is 12.6. The van der Waals surface area contributed by atoms with E-state index in [9.17, 15) is 14.7 Å². The standard InChI is InChI=1S/C14H12N2O4/c1-14(13(19)20-2)12(18)10-7-4-3-5-15-8(7)6-9(17)11(10)16-14/h3-6,16-17H,1-2H3. The van der Waals surface area contributed by atoms with Crippen molar-refractivity contribution in [3.05, 3.63) is 30.0 Å². The zero-order valence-electron chi connectivity index (χ0n) is 10.9. The minimum atomic E-state index is -1.53. The summed E-state index contributed by atoms with van der Waals surface area (Å²) in [6, 6.07) is 4.88. The van der Waals surface area contributed by atoms with Gasteiger partial charge in [-0.2, -0.15) is 0 Å². The van der Waals surface area contributed by atoms with Crippen LogP contribution < -0.4 is 5.32 Å². The largest absolute Gasteiger partial charge is 0.506 e. The SMILES string of the molecule is COC(=O)C1(C)Nc2c(O)cc3ncccc3c2C1=O. The molecule has 2 aromatic rings. The molecule has 1 aromatic carbocycles. The van der Waals surface area contributed by atoms with Gasteiger partial charge in [-0.1, -0.05) is 6.07 Å². The fourth-order valence-corrected chi connectivity index (χ4v) is 2.48. The topological polar surface area (TPSA) is 88.5 Å². The summed E-state index contributed by atoms with van der Waals surface area (Å²) in [4.78, 5) is 28.6. The second-order valence-electron chi connectivity index (χ2n) is 4.79. The number of anilines is 1. The molecule has 1 atom stereocenters. The van der Waals surface area contributed by atoms with E-state index in [1.54, 1.807) is 18.3 Å². The number of rotatable bonds is 1. The number of aromatic hydroxyl groups is 1. The molecule has 2 heterocycles. The Hall–Kier alpha value is -2.63. The van der Waals surface area contributed by atoms with E-state index in [2.05, 4.69) is 15.0 Å². The summed E-state index contributed by atoms with van der Waals surface area (Å²) in [5.41, 5.74) is -0.531. The second-order valence-corrected chi connectivity index (χ2v) is 4.79. The molecule has 0 saturated heterocycles. The number of esters is 1. The molecule has 1 unspecified atom stereocenters. The molecule has 20 heavy (non-hydrogen) atoms. The van der Waals surface area contributed by atoms with E-state index in [0.717, 1.165) is 0 Å². The highest BCUT2D eigenvalue weighted by Gasteiger charge is 2.50. The van der Waals surface area contributed by atoms with Crippen molar-refractivity contribution in [2.45, 2.75) is 12.5 Å². The molecule has 1 aromatic heterocycles. The third kappa shape index (κ3) is 1.41. The number of phenols is 1. The van der Waals surface area contributed by atoms with Gasteiger partial charge in [0.15, 0.2) is 5.54 Å². The number of carbonyl (C=O) groups is 2. The number of hydrogen-bond donors (Lipinski definition) is 2. The molecule has 1 aliphatic rings. The molecule has 2 N–H and O–H groups in total. The van der Waals surface area contributed by atoms with Gasteiger partial charge in [-0.15, -0.1) is 0 Å². The highest BCUT2D eigenvalue weighted by Crippen LogP contribution is 2.43. The smallest absolute Gasteiger partial charge is 0.339 e. The fraction of sp³-hybridized carbons (Fsp3) is 0.214. The lowest BCUT2D eigenvalue weighted by molar-refractivity contribution is -0.143. The van der Waals surface area contributed by atoms with Crippen LogP contribution in [0.2, 0.25) is 0 Å². The van der Waals surface area contributed by atoms with Crippen molar-refractivity contribution in [3.63, 3.8) is 0 Å². The number of aromatic nitrogens is 1. The molecule has 0 spiro atoms. The molecule has 0 fully saturated rings. The molecule has 0 aliphatic carbocycles. The van der Waals surface area contributed by atoms with Crippen LogP contribution in [0, 0.1) is 0 Å². The molecule has 0 saturated carbocycles. The van der Waals surface area contributed by atoms with Crippen LogP contribution in [0.3, 0.4) is 0 Å². The maximum atomic E-state index is 12.6. The van der Waals surface area contributed by atoms with Crippen LogP contribution in [0.5, 0.6) is 5.75 Å². The normalized spacial score (nSPS) is 20.6. The number of methoxy groups -OCH3 is 1. The van der Waals surface area contributed by atoms with Gasteiger partial charge >= 0.3 is 5.97 Å². The molecule has 1 aliphatic heterocycles. The molecular formula is C14H12N2O4. The van der Waals surface area contributed by atoms with Crippen LogP contribution in [0.1, 0.15) is 17.3 Å². The first-order chi connectivity index (χ1) is 9.49.